The van der Waals surface area contributed by atoms with E-state index in [0.717, 1.165) is 0 Å². The lowest BCUT2D eigenvalue weighted by molar-refractivity contribution is -0.142. The number of hydrogen-bond donors (Lipinski definition) is 0. The van der Waals surface area contributed by atoms with Crippen LogP contribution in [0.15, 0.2) is 18.2 Å². The maximum atomic E-state index is 13.3. The third-order valence-electron chi connectivity index (χ3n) is 3.26. The van der Waals surface area contributed by atoms with E-state index in [2.05, 4.69) is 4.98 Å². The molecule has 2 aromatic rings. The van der Waals surface area contributed by atoms with Crippen LogP contribution in [0.2, 0.25) is 0 Å². The summed E-state index contributed by atoms with van der Waals surface area (Å²) in [5.74, 6) is 0.537. The van der Waals surface area contributed by atoms with E-state index in [1.807, 2.05) is 0 Å². The predicted molar refractivity (Wildman–Crippen MR) is 74.7 cm³/mol. The Morgan fingerprint density at radius 2 is 1.64 bits per heavy atom. The summed E-state index contributed by atoms with van der Waals surface area (Å²) in [5, 5.41) is 0.557. The second-order valence-electron chi connectivity index (χ2n) is 4.66. The van der Waals surface area contributed by atoms with Gasteiger partial charge in [-0.3, -0.25) is 0 Å². The summed E-state index contributed by atoms with van der Waals surface area (Å²) < 4.78 is 55.0. The van der Waals surface area contributed by atoms with Crippen LogP contribution in [-0.2, 0) is 28.9 Å². The number of rotatable bonds is 5. The third kappa shape index (κ3) is 3.15. The van der Waals surface area contributed by atoms with E-state index in [1.54, 1.807) is 12.1 Å². The van der Waals surface area contributed by atoms with Gasteiger partial charge in [0.25, 0.3) is 0 Å². The van der Waals surface area contributed by atoms with Crippen molar-refractivity contribution >= 4 is 10.9 Å². The SMILES string of the molecule is COCc1c(C(F)(F)F)nc2ccc(OC)cc2c1COC. The minimum Gasteiger partial charge on any atom is -0.497 e. The maximum absolute atomic E-state index is 13.3. The number of ether oxygens (including phenoxy) is 3. The van der Waals surface area contributed by atoms with Gasteiger partial charge >= 0.3 is 6.18 Å². The summed E-state index contributed by atoms with van der Waals surface area (Å²) in [4.78, 5) is 3.77. The molecule has 1 aromatic heterocycles. The van der Waals surface area contributed by atoms with Gasteiger partial charge in [-0.05, 0) is 23.8 Å². The van der Waals surface area contributed by atoms with Crippen molar-refractivity contribution in [2.24, 2.45) is 0 Å². The molecule has 0 N–H and O–H groups in total. The molecule has 0 radical (unpaired) electrons. The molecule has 0 aliphatic carbocycles. The Balaban J connectivity index is 2.83. The topological polar surface area (TPSA) is 40.6 Å². The number of fused-ring (bicyclic) bond motifs is 1. The Hall–Kier alpha value is -1.86. The van der Waals surface area contributed by atoms with Gasteiger partial charge in [0.1, 0.15) is 5.75 Å². The average Bonchev–Trinajstić information content (AvgIpc) is 2.48. The summed E-state index contributed by atoms with van der Waals surface area (Å²) >= 11 is 0. The first-order valence-corrected chi connectivity index (χ1v) is 6.47. The van der Waals surface area contributed by atoms with E-state index in [-0.39, 0.29) is 24.3 Å². The number of nitrogens with zero attached hydrogens (tertiary/aromatic N) is 1. The predicted octanol–water partition coefficient (Wildman–Crippen LogP) is 3.56. The van der Waals surface area contributed by atoms with Crippen LogP contribution in [0.1, 0.15) is 16.8 Å². The first kappa shape index (κ1) is 16.5. The Bertz CT molecular complexity index is 671. The zero-order valence-corrected chi connectivity index (χ0v) is 12.5. The summed E-state index contributed by atoms with van der Waals surface area (Å²) in [6.45, 7) is -0.179. The van der Waals surface area contributed by atoms with Crippen LogP contribution in [0.5, 0.6) is 5.75 Å². The molecule has 0 aliphatic rings. The lowest BCUT2D eigenvalue weighted by Crippen LogP contribution is -2.16. The van der Waals surface area contributed by atoms with E-state index in [4.69, 9.17) is 14.2 Å². The monoisotopic (exact) mass is 315 g/mol. The average molecular weight is 315 g/mol. The number of alkyl halides is 3. The lowest BCUT2D eigenvalue weighted by Gasteiger charge is -2.18. The zero-order valence-electron chi connectivity index (χ0n) is 12.5. The van der Waals surface area contributed by atoms with Crippen LogP contribution >= 0.6 is 0 Å². The Morgan fingerprint density at radius 3 is 2.18 bits per heavy atom. The largest absolute Gasteiger partial charge is 0.497 e. The number of aromatic nitrogens is 1. The summed E-state index contributed by atoms with van der Waals surface area (Å²) in [5.41, 5.74) is -0.322. The molecule has 0 aliphatic heterocycles. The first-order valence-electron chi connectivity index (χ1n) is 6.47. The van der Waals surface area contributed by atoms with Crippen molar-refractivity contribution in [3.8, 4) is 5.75 Å². The molecule has 1 heterocycles. The molecule has 22 heavy (non-hydrogen) atoms. The van der Waals surface area contributed by atoms with Gasteiger partial charge in [0.05, 0.1) is 25.8 Å². The molecule has 2 rings (SSSR count). The molecule has 0 saturated carbocycles. The fraction of sp³-hybridized carbons (Fsp3) is 0.400. The van der Waals surface area contributed by atoms with Crippen molar-refractivity contribution in [2.45, 2.75) is 19.4 Å². The summed E-state index contributed by atoms with van der Waals surface area (Å²) in [7, 11) is 4.26. The lowest BCUT2D eigenvalue weighted by atomic mass is 10.0. The molecule has 4 nitrogen and oxygen atoms in total. The van der Waals surface area contributed by atoms with Crippen molar-refractivity contribution in [3.63, 3.8) is 0 Å². The second-order valence-corrected chi connectivity index (χ2v) is 4.66. The van der Waals surface area contributed by atoms with E-state index >= 15 is 0 Å². The zero-order chi connectivity index (χ0) is 16.3. The van der Waals surface area contributed by atoms with Gasteiger partial charge in [0, 0.05) is 25.2 Å². The van der Waals surface area contributed by atoms with E-state index in [0.29, 0.717) is 16.7 Å². The smallest absolute Gasteiger partial charge is 0.433 e. The standard InChI is InChI=1S/C15H16F3NO3/c1-20-7-11-10-6-9(22-3)4-5-13(10)19-14(15(16,17)18)12(11)8-21-2/h4-6H,7-8H2,1-3H3. The maximum Gasteiger partial charge on any atom is 0.433 e. The Labute approximate surface area is 125 Å². The molecule has 1 aromatic carbocycles. The molecule has 0 amide bonds. The summed E-state index contributed by atoms with van der Waals surface area (Å²) in [6, 6.07) is 4.72. The van der Waals surface area contributed by atoms with Crippen LogP contribution in [-0.4, -0.2) is 26.3 Å². The van der Waals surface area contributed by atoms with Gasteiger partial charge in [-0.15, -0.1) is 0 Å². The van der Waals surface area contributed by atoms with E-state index in [9.17, 15) is 13.2 Å². The fourth-order valence-electron chi connectivity index (χ4n) is 2.32. The minimum atomic E-state index is -4.57. The molecule has 0 fully saturated rings. The number of pyridine rings is 1. The third-order valence-corrected chi connectivity index (χ3v) is 3.26. The van der Waals surface area contributed by atoms with Crippen LogP contribution < -0.4 is 4.74 Å². The van der Waals surface area contributed by atoms with Gasteiger partial charge in [-0.2, -0.15) is 13.2 Å². The van der Waals surface area contributed by atoms with Gasteiger partial charge in [0.15, 0.2) is 5.69 Å². The fourth-order valence-corrected chi connectivity index (χ4v) is 2.32. The first-order chi connectivity index (χ1) is 10.4. The van der Waals surface area contributed by atoms with Crippen molar-refractivity contribution in [1.29, 1.82) is 0 Å². The second kappa shape index (κ2) is 6.50. The van der Waals surface area contributed by atoms with Gasteiger partial charge in [0.2, 0.25) is 0 Å². The number of halogens is 3. The Kier molecular flexibility index (Phi) is 4.87. The van der Waals surface area contributed by atoms with E-state index < -0.39 is 11.9 Å². The number of benzene rings is 1. The van der Waals surface area contributed by atoms with Gasteiger partial charge in [-0.25, -0.2) is 4.98 Å². The van der Waals surface area contributed by atoms with Crippen molar-refractivity contribution < 1.29 is 27.4 Å². The van der Waals surface area contributed by atoms with Crippen LogP contribution in [0.4, 0.5) is 13.2 Å². The van der Waals surface area contributed by atoms with Gasteiger partial charge < -0.3 is 14.2 Å². The van der Waals surface area contributed by atoms with Crippen LogP contribution in [0.3, 0.4) is 0 Å². The highest BCUT2D eigenvalue weighted by atomic mass is 19.4. The molecule has 0 atom stereocenters. The summed E-state index contributed by atoms with van der Waals surface area (Å²) in [6.07, 6.45) is -4.57. The number of hydrogen-bond acceptors (Lipinski definition) is 4. The molecule has 7 heteroatoms. The number of methoxy groups -OCH3 is 3. The minimum absolute atomic E-state index is 0.0161. The molecular weight excluding hydrogens is 299 g/mol. The van der Waals surface area contributed by atoms with Crippen molar-refractivity contribution in [3.05, 3.63) is 35.0 Å². The molecule has 120 valence electrons. The quantitative estimate of drug-likeness (QED) is 0.846. The molecule has 0 unspecified atom stereocenters. The highest BCUT2D eigenvalue weighted by Crippen LogP contribution is 2.36. The highest BCUT2D eigenvalue weighted by molar-refractivity contribution is 5.85. The van der Waals surface area contributed by atoms with E-state index in [1.165, 1.54) is 27.4 Å². The molecule has 0 bridgehead atoms. The van der Waals surface area contributed by atoms with Crippen molar-refractivity contribution in [1.82, 2.24) is 4.98 Å². The van der Waals surface area contributed by atoms with Crippen LogP contribution in [0, 0.1) is 0 Å². The van der Waals surface area contributed by atoms with Crippen molar-refractivity contribution in [2.75, 3.05) is 21.3 Å². The molecular formula is C15H16F3NO3. The highest BCUT2D eigenvalue weighted by Gasteiger charge is 2.37. The normalized spacial score (nSPS) is 11.9. The van der Waals surface area contributed by atoms with Gasteiger partial charge in [-0.1, -0.05) is 0 Å². The molecule has 0 spiro atoms. The van der Waals surface area contributed by atoms with Crippen LogP contribution in [0.25, 0.3) is 10.9 Å². The Morgan fingerprint density at radius 1 is 1.00 bits per heavy atom. The molecule has 0 saturated heterocycles.